The van der Waals surface area contributed by atoms with Crippen LogP contribution >= 0.6 is 0 Å². The molecule has 1 heterocycles. The zero-order chi connectivity index (χ0) is 15.5. The molecule has 0 aliphatic heterocycles. The van der Waals surface area contributed by atoms with Gasteiger partial charge in [0.1, 0.15) is 11.5 Å². The van der Waals surface area contributed by atoms with Crippen LogP contribution < -0.4 is 4.72 Å². The molecule has 0 unspecified atom stereocenters. The van der Waals surface area contributed by atoms with Gasteiger partial charge in [0.15, 0.2) is 0 Å². The molecule has 0 atom stereocenters. The summed E-state index contributed by atoms with van der Waals surface area (Å²) in [6, 6.07) is 3.70. The number of hydrogen-bond donors (Lipinski definition) is 1. The van der Waals surface area contributed by atoms with E-state index in [1.165, 1.54) is 12.8 Å². The highest BCUT2D eigenvalue weighted by Crippen LogP contribution is 2.28. The van der Waals surface area contributed by atoms with Crippen LogP contribution in [0.1, 0.15) is 45.1 Å². The topological polar surface area (TPSA) is 68.5 Å². The normalized spacial score (nSPS) is 16.3. The lowest BCUT2D eigenvalue weighted by atomic mass is 9.94. The van der Waals surface area contributed by atoms with Gasteiger partial charge in [-0.05, 0) is 30.9 Å². The summed E-state index contributed by atoms with van der Waals surface area (Å²) in [5, 5.41) is 0. The number of sulfonamides is 1. The summed E-state index contributed by atoms with van der Waals surface area (Å²) in [5.41, 5.74) is -0.0756. The highest BCUT2D eigenvalue weighted by atomic mass is 32.2. The van der Waals surface area contributed by atoms with Crippen LogP contribution in [0.2, 0.25) is 0 Å². The van der Waals surface area contributed by atoms with Gasteiger partial charge in [-0.1, -0.05) is 20.8 Å². The molecule has 6 heteroatoms. The second-order valence-corrected chi connectivity index (χ2v) is 8.60. The van der Waals surface area contributed by atoms with Gasteiger partial charge in [0, 0.05) is 12.0 Å². The Morgan fingerprint density at radius 1 is 1.33 bits per heavy atom. The summed E-state index contributed by atoms with van der Waals surface area (Å²) in [7, 11) is -3.32. The van der Waals surface area contributed by atoms with Gasteiger partial charge in [0.05, 0.1) is 18.9 Å². The molecule has 120 valence electrons. The Kier molecular flexibility index (Phi) is 5.11. The Morgan fingerprint density at radius 3 is 2.62 bits per heavy atom. The van der Waals surface area contributed by atoms with Crippen molar-refractivity contribution in [3.05, 3.63) is 23.7 Å². The van der Waals surface area contributed by atoms with Crippen molar-refractivity contribution in [2.75, 3.05) is 19.0 Å². The first-order valence-corrected chi connectivity index (χ1v) is 9.06. The summed E-state index contributed by atoms with van der Waals surface area (Å²) in [4.78, 5) is 0. The zero-order valence-corrected chi connectivity index (χ0v) is 13.8. The molecule has 21 heavy (non-hydrogen) atoms. The molecular weight excluding hydrogens is 290 g/mol. The van der Waals surface area contributed by atoms with Gasteiger partial charge in [0.25, 0.3) is 0 Å². The molecule has 1 aliphatic carbocycles. The van der Waals surface area contributed by atoms with Crippen LogP contribution in [0.25, 0.3) is 0 Å². The van der Waals surface area contributed by atoms with Gasteiger partial charge >= 0.3 is 0 Å². The molecule has 0 amide bonds. The monoisotopic (exact) mass is 315 g/mol. The molecular formula is C15H25NO4S. The van der Waals surface area contributed by atoms with Gasteiger partial charge in [0.2, 0.25) is 10.0 Å². The van der Waals surface area contributed by atoms with Crippen LogP contribution in [-0.4, -0.2) is 27.4 Å². The summed E-state index contributed by atoms with van der Waals surface area (Å²) in [5.74, 6) is 2.12. The Hall–Kier alpha value is -0.850. The fraction of sp³-hybridized carbons (Fsp3) is 0.733. The molecule has 0 aromatic carbocycles. The van der Waals surface area contributed by atoms with Gasteiger partial charge < -0.3 is 9.15 Å². The van der Waals surface area contributed by atoms with Crippen molar-refractivity contribution >= 4 is 10.0 Å². The van der Waals surface area contributed by atoms with E-state index in [0.29, 0.717) is 18.3 Å². The molecule has 5 nitrogen and oxygen atoms in total. The Labute approximate surface area is 127 Å². The van der Waals surface area contributed by atoms with Crippen molar-refractivity contribution in [2.24, 2.45) is 5.92 Å². The highest BCUT2D eigenvalue weighted by Gasteiger charge is 2.22. The summed E-state index contributed by atoms with van der Waals surface area (Å²) >= 11 is 0. The van der Waals surface area contributed by atoms with Gasteiger partial charge in [-0.25, -0.2) is 13.1 Å². The second kappa shape index (κ2) is 6.50. The van der Waals surface area contributed by atoms with Gasteiger partial charge in [-0.2, -0.15) is 0 Å². The van der Waals surface area contributed by atoms with Crippen LogP contribution in [0.3, 0.4) is 0 Å². The minimum Gasteiger partial charge on any atom is -0.464 e. The summed E-state index contributed by atoms with van der Waals surface area (Å²) in [6.45, 7) is 7.27. The van der Waals surface area contributed by atoms with Crippen LogP contribution in [0.4, 0.5) is 0 Å². The second-order valence-electron chi connectivity index (χ2n) is 6.67. The fourth-order valence-corrected chi connectivity index (χ4v) is 2.68. The molecule has 1 aromatic heterocycles. The van der Waals surface area contributed by atoms with Crippen molar-refractivity contribution in [2.45, 2.75) is 45.6 Å². The largest absolute Gasteiger partial charge is 0.464 e. The van der Waals surface area contributed by atoms with Crippen molar-refractivity contribution in [1.82, 2.24) is 4.72 Å². The molecule has 0 saturated heterocycles. The maximum atomic E-state index is 11.8. The standard InChI is InChI=1S/C15H25NO4S/c1-15(2,3)14-7-6-13(20-14)10-16-21(17,18)9-8-19-11-12-4-5-12/h6-7,12,16H,4-5,8-11H2,1-3H3. The van der Waals surface area contributed by atoms with Crippen molar-refractivity contribution in [1.29, 1.82) is 0 Å². The predicted molar refractivity (Wildman–Crippen MR) is 81.6 cm³/mol. The van der Waals surface area contributed by atoms with E-state index in [1.807, 2.05) is 12.1 Å². The summed E-state index contributed by atoms with van der Waals surface area (Å²) in [6.07, 6.45) is 2.42. The van der Waals surface area contributed by atoms with E-state index in [0.717, 1.165) is 5.76 Å². The highest BCUT2D eigenvalue weighted by molar-refractivity contribution is 7.89. The van der Waals surface area contributed by atoms with E-state index in [2.05, 4.69) is 25.5 Å². The van der Waals surface area contributed by atoms with E-state index < -0.39 is 10.0 Å². The van der Waals surface area contributed by atoms with Gasteiger partial charge in [-0.15, -0.1) is 0 Å². The average molecular weight is 315 g/mol. The van der Waals surface area contributed by atoms with Crippen LogP contribution in [-0.2, 0) is 26.7 Å². The maximum absolute atomic E-state index is 11.8. The van der Waals surface area contributed by atoms with Crippen molar-refractivity contribution in [3.63, 3.8) is 0 Å². The lowest BCUT2D eigenvalue weighted by molar-refractivity contribution is 0.138. The Balaban J connectivity index is 1.73. The average Bonchev–Trinajstić information content (AvgIpc) is 3.06. The minimum absolute atomic E-state index is 0.00738. The first kappa shape index (κ1) is 16.5. The molecule has 2 rings (SSSR count). The number of ether oxygens (including phenoxy) is 1. The lowest BCUT2D eigenvalue weighted by Crippen LogP contribution is -2.28. The summed E-state index contributed by atoms with van der Waals surface area (Å²) < 4.78 is 37.2. The maximum Gasteiger partial charge on any atom is 0.214 e. The van der Waals surface area contributed by atoms with Crippen molar-refractivity contribution in [3.8, 4) is 0 Å². The Bertz CT molecular complexity index is 552. The van der Waals surface area contributed by atoms with Crippen LogP contribution in [0.15, 0.2) is 16.5 Å². The fourth-order valence-electron chi connectivity index (χ4n) is 1.83. The first-order chi connectivity index (χ1) is 9.76. The predicted octanol–water partition coefficient (Wildman–Crippen LogP) is 2.42. The van der Waals surface area contributed by atoms with E-state index in [1.54, 1.807) is 0 Å². The third kappa shape index (κ3) is 5.80. The number of rotatable bonds is 8. The lowest BCUT2D eigenvalue weighted by Gasteiger charge is -2.14. The van der Waals surface area contributed by atoms with Gasteiger partial charge in [-0.3, -0.25) is 0 Å². The van der Waals surface area contributed by atoms with E-state index in [4.69, 9.17) is 9.15 Å². The molecule has 0 spiro atoms. The molecule has 0 radical (unpaired) electrons. The van der Waals surface area contributed by atoms with Crippen molar-refractivity contribution < 1.29 is 17.6 Å². The van der Waals surface area contributed by atoms with Crippen LogP contribution in [0, 0.1) is 5.92 Å². The molecule has 1 saturated carbocycles. The third-order valence-electron chi connectivity index (χ3n) is 3.41. The molecule has 1 N–H and O–H groups in total. The first-order valence-electron chi connectivity index (χ1n) is 7.40. The zero-order valence-electron chi connectivity index (χ0n) is 13.0. The SMILES string of the molecule is CC(C)(C)c1ccc(CNS(=O)(=O)CCOCC2CC2)o1. The number of nitrogens with one attached hydrogen (secondary N) is 1. The third-order valence-corrected chi connectivity index (χ3v) is 4.70. The molecule has 0 bridgehead atoms. The van der Waals surface area contributed by atoms with Crippen LogP contribution in [0.5, 0.6) is 0 Å². The Morgan fingerprint density at radius 2 is 2.05 bits per heavy atom. The quantitative estimate of drug-likeness (QED) is 0.748. The molecule has 1 aromatic rings. The number of furan rings is 1. The molecule has 1 aliphatic rings. The van der Waals surface area contributed by atoms with E-state index in [-0.39, 0.29) is 24.3 Å². The smallest absolute Gasteiger partial charge is 0.214 e. The minimum atomic E-state index is -3.32. The van der Waals surface area contributed by atoms with E-state index >= 15 is 0 Å². The number of hydrogen-bond acceptors (Lipinski definition) is 4. The van der Waals surface area contributed by atoms with E-state index in [9.17, 15) is 8.42 Å². The molecule has 1 fully saturated rings.